The molecule has 1 aliphatic carbocycles. The minimum Gasteiger partial charge on any atom is -0.391 e. The normalized spacial score (nSPS) is 19.0. The number of rotatable bonds is 4. The number of halogens is 2. The molecule has 1 fully saturated rings. The molecule has 8 heteroatoms. The predicted octanol–water partition coefficient (Wildman–Crippen LogP) is 3.89. The van der Waals surface area contributed by atoms with Crippen molar-refractivity contribution in [1.29, 1.82) is 0 Å². The minimum atomic E-state index is -0.666. The first-order chi connectivity index (χ1) is 15.4. The van der Waals surface area contributed by atoms with Crippen molar-refractivity contribution >= 4 is 27.7 Å². The molecular weight excluding hydrogens is 414 g/mol. The number of carbonyl (C=O) groups excluding carboxylic acids is 1. The van der Waals surface area contributed by atoms with Gasteiger partial charge in [0.25, 0.3) is 5.91 Å². The van der Waals surface area contributed by atoms with E-state index >= 15 is 0 Å². The van der Waals surface area contributed by atoms with Crippen LogP contribution in [0, 0.1) is 11.6 Å². The van der Waals surface area contributed by atoms with Gasteiger partial charge >= 0.3 is 0 Å². The highest BCUT2D eigenvalue weighted by atomic mass is 19.1. The first kappa shape index (κ1) is 20.6. The van der Waals surface area contributed by atoms with Crippen LogP contribution in [0.2, 0.25) is 0 Å². The average Bonchev–Trinajstić information content (AvgIpc) is 3.32. The van der Waals surface area contributed by atoms with E-state index < -0.39 is 29.7 Å². The molecule has 166 valence electrons. The molecule has 2 atom stereocenters. The maximum Gasteiger partial charge on any atom is 0.253 e. The van der Waals surface area contributed by atoms with Crippen LogP contribution in [0.3, 0.4) is 0 Å². The number of para-hydroxylation sites is 1. The maximum absolute atomic E-state index is 14.9. The summed E-state index contributed by atoms with van der Waals surface area (Å²) >= 11 is 0. The van der Waals surface area contributed by atoms with Gasteiger partial charge in [0.15, 0.2) is 0 Å². The highest BCUT2D eigenvalue weighted by Crippen LogP contribution is 2.29. The summed E-state index contributed by atoms with van der Waals surface area (Å²) in [4.78, 5) is 13.1. The van der Waals surface area contributed by atoms with E-state index in [4.69, 9.17) is 0 Å². The van der Waals surface area contributed by atoms with Crippen molar-refractivity contribution in [2.45, 2.75) is 44.4 Å². The highest BCUT2D eigenvalue weighted by molar-refractivity contribution is 6.07. The molecule has 0 aliphatic heterocycles. The van der Waals surface area contributed by atoms with Crippen molar-refractivity contribution in [3.63, 3.8) is 0 Å². The van der Waals surface area contributed by atoms with Gasteiger partial charge in [0.2, 0.25) is 0 Å². The van der Waals surface area contributed by atoms with Gasteiger partial charge in [-0.2, -0.15) is 5.10 Å². The third-order valence-corrected chi connectivity index (χ3v) is 6.36. The average molecular weight is 438 g/mol. The fourth-order valence-electron chi connectivity index (χ4n) is 4.75. The number of aromatic nitrogens is 3. The summed E-state index contributed by atoms with van der Waals surface area (Å²) in [6.45, 7) is 0.178. The Morgan fingerprint density at radius 1 is 1.16 bits per heavy atom. The zero-order chi connectivity index (χ0) is 22.4. The number of nitrogens with zero attached hydrogens (tertiary/aromatic N) is 3. The topological polar surface area (TPSA) is 72.1 Å². The predicted molar refractivity (Wildman–Crippen MR) is 117 cm³/mol. The Kier molecular flexibility index (Phi) is 5.17. The van der Waals surface area contributed by atoms with Gasteiger partial charge in [0, 0.05) is 18.6 Å². The Morgan fingerprint density at radius 3 is 2.72 bits per heavy atom. The van der Waals surface area contributed by atoms with Gasteiger partial charge in [-0.15, -0.1) is 0 Å². The lowest BCUT2D eigenvalue weighted by atomic mass is 9.92. The van der Waals surface area contributed by atoms with E-state index in [-0.39, 0.29) is 23.0 Å². The van der Waals surface area contributed by atoms with Crippen LogP contribution in [0.15, 0.2) is 42.6 Å². The van der Waals surface area contributed by atoms with Crippen LogP contribution >= 0.6 is 0 Å². The van der Waals surface area contributed by atoms with Gasteiger partial charge in [-0.05, 0) is 31.0 Å². The molecule has 2 N–H and O–H groups in total. The molecule has 5 rings (SSSR count). The molecule has 6 nitrogen and oxygen atoms in total. The molecule has 0 unspecified atom stereocenters. The molecule has 4 aromatic rings. The van der Waals surface area contributed by atoms with Crippen molar-refractivity contribution in [2.75, 3.05) is 0 Å². The van der Waals surface area contributed by atoms with E-state index in [2.05, 4.69) is 10.4 Å². The fourth-order valence-corrected chi connectivity index (χ4v) is 4.75. The van der Waals surface area contributed by atoms with Crippen molar-refractivity contribution in [2.24, 2.45) is 7.05 Å². The van der Waals surface area contributed by atoms with Crippen molar-refractivity contribution in [1.82, 2.24) is 19.7 Å². The lowest BCUT2D eigenvalue weighted by Gasteiger charge is -2.28. The number of amides is 1. The zero-order valence-electron chi connectivity index (χ0n) is 17.7. The highest BCUT2D eigenvalue weighted by Gasteiger charge is 2.28. The second-order valence-electron chi connectivity index (χ2n) is 8.44. The Bertz CT molecular complexity index is 1330. The van der Waals surface area contributed by atoms with Gasteiger partial charge < -0.3 is 15.0 Å². The Hall–Kier alpha value is -3.26. The number of aryl methyl sites for hydroxylation is 1. The number of nitrogens with one attached hydrogen (secondary N) is 1. The largest absolute Gasteiger partial charge is 0.391 e. The van der Waals surface area contributed by atoms with E-state index in [1.165, 1.54) is 10.8 Å². The molecule has 2 aromatic carbocycles. The number of benzene rings is 2. The van der Waals surface area contributed by atoms with Gasteiger partial charge in [-0.25, -0.2) is 8.78 Å². The van der Waals surface area contributed by atoms with Crippen LogP contribution in [-0.4, -0.2) is 37.5 Å². The molecule has 0 saturated heterocycles. The lowest BCUT2D eigenvalue weighted by molar-refractivity contribution is 0.0718. The number of hydrogen-bond donors (Lipinski definition) is 2. The Morgan fingerprint density at radius 2 is 1.91 bits per heavy atom. The molecular formula is C24H24F2N4O2. The first-order valence-electron chi connectivity index (χ1n) is 10.8. The summed E-state index contributed by atoms with van der Waals surface area (Å²) in [7, 11) is 1.83. The van der Waals surface area contributed by atoms with E-state index in [0.717, 1.165) is 35.9 Å². The Balaban J connectivity index is 1.58. The first-order valence-corrected chi connectivity index (χ1v) is 10.8. The number of aliphatic hydroxyl groups excluding tert-OH is 1. The van der Waals surface area contributed by atoms with Crippen LogP contribution in [-0.2, 0) is 13.6 Å². The van der Waals surface area contributed by atoms with Crippen LogP contribution in [0.5, 0.6) is 0 Å². The summed E-state index contributed by atoms with van der Waals surface area (Å²) in [5.41, 5.74) is 1.69. The standard InChI is InChI=1S/C24H24F2N4O2/c1-29-20-8-4-2-6-14(20)19(28-29)13-30-12-15(22-16(25)10-11-17(26)23(22)30)24(32)27-18-7-3-5-9-21(18)31/h2,4,6,8,10-12,18,21,31H,3,5,7,9,13H2,1H3,(H,27,32)/t18-,21-/m0/s1. The number of aliphatic hydroxyl groups is 1. The smallest absolute Gasteiger partial charge is 0.253 e. The molecule has 1 saturated carbocycles. The summed E-state index contributed by atoms with van der Waals surface area (Å²) in [6.07, 6.45) is 3.92. The monoisotopic (exact) mass is 438 g/mol. The fraction of sp³-hybridized carbons (Fsp3) is 0.333. The third kappa shape index (κ3) is 3.44. The summed E-state index contributed by atoms with van der Waals surface area (Å²) < 4.78 is 33.0. The van der Waals surface area contributed by atoms with E-state index in [9.17, 15) is 18.7 Å². The third-order valence-electron chi connectivity index (χ3n) is 6.36. The quantitative estimate of drug-likeness (QED) is 0.508. The van der Waals surface area contributed by atoms with Crippen LogP contribution in [0.25, 0.3) is 21.8 Å². The maximum atomic E-state index is 14.9. The second kappa shape index (κ2) is 8.02. The van der Waals surface area contributed by atoms with E-state index in [1.54, 1.807) is 4.68 Å². The van der Waals surface area contributed by atoms with Crippen molar-refractivity contribution in [3.8, 4) is 0 Å². The number of hydrogen-bond acceptors (Lipinski definition) is 3. The Labute approximate surface area is 183 Å². The molecule has 1 aliphatic rings. The van der Waals surface area contributed by atoms with E-state index in [1.807, 2.05) is 31.3 Å². The number of carbonyl (C=O) groups is 1. The summed E-state index contributed by atoms with van der Waals surface area (Å²) in [5.74, 6) is -1.80. The van der Waals surface area contributed by atoms with Crippen LogP contribution in [0.4, 0.5) is 8.78 Å². The molecule has 0 bridgehead atoms. The SMILES string of the molecule is Cn1nc(Cn2cc(C(=O)N[C@H]3CCCC[C@@H]3O)c3c(F)ccc(F)c32)c2ccccc21. The molecule has 1 amide bonds. The van der Waals surface area contributed by atoms with Gasteiger partial charge in [-0.3, -0.25) is 9.48 Å². The van der Waals surface area contributed by atoms with Crippen LogP contribution < -0.4 is 5.32 Å². The molecule has 0 radical (unpaired) electrons. The minimum absolute atomic E-state index is 0.0223. The lowest BCUT2D eigenvalue weighted by Crippen LogP contribution is -2.45. The van der Waals surface area contributed by atoms with Crippen molar-refractivity contribution in [3.05, 3.63) is 65.5 Å². The zero-order valence-corrected chi connectivity index (χ0v) is 17.7. The molecule has 32 heavy (non-hydrogen) atoms. The molecule has 2 heterocycles. The van der Waals surface area contributed by atoms with Crippen LogP contribution in [0.1, 0.15) is 41.7 Å². The second-order valence-corrected chi connectivity index (χ2v) is 8.44. The van der Waals surface area contributed by atoms with E-state index in [0.29, 0.717) is 18.5 Å². The summed E-state index contributed by atoms with van der Waals surface area (Å²) in [6, 6.07) is 9.38. The molecule has 0 spiro atoms. The number of fused-ring (bicyclic) bond motifs is 2. The van der Waals surface area contributed by atoms with Gasteiger partial charge in [-0.1, -0.05) is 31.0 Å². The summed E-state index contributed by atoms with van der Waals surface area (Å²) in [5, 5.41) is 18.4. The van der Waals surface area contributed by atoms with Gasteiger partial charge in [0.05, 0.1) is 46.4 Å². The molecule has 2 aromatic heterocycles. The van der Waals surface area contributed by atoms with Crippen molar-refractivity contribution < 1.29 is 18.7 Å². The van der Waals surface area contributed by atoms with Gasteiger partial charge in [0.1, 0.15) is 11.6 Å².